The lowest BCUT2D eigenvalue weighted by molar-refractivity contribution is 0.0668. The van der Waals surface area contributed by atoms with Crippen LogP contribution in [0.25, 0.3) is 0 Å². The van der Waals surface area contributed by atoms with Gasteiger partial charge >= 0.3 is 16.6 Å². The van der Waals surface area contributed by atoms with Crippen molar-refractivity contribution < 1.29 is 3.79 Å². The van der Waals surface area contributed by atoms with Gasteiger partial charge < -0.3 is 3.79 Å². The van der Waals surface area contributed by atoms with Crippen LogP contribution in [0.15, 0.2) is 0 Å². The standard InChI is InChI=1S/C7H15O.Al/c1-4-7(8,5-2)6-3;/h4-6H2,1-3H3;/q-1;+1. The molecule has 0 amide bonds. The molecule has 0 aliphatic heterocycles. The summed E-state index contributed by atoms with van der Waals surface area (Å²) in [6.07, 6.45) is 3.30. The Morgan fingerprint density at radius 1 is 1.11 bits per heavy atom. The third-order valence-electron chi connectivity index (χ3n) is 2.18. The Bertz CT molecular complexity index is 51.8. The molecule has 0 fully saturated rings. The second-order valence-corrected chi connectivity index (χ2v) is 2.60. The molecule has 0 rings (SSSR count). The zero-order chi connectivity index (χ0) is 7.33. The van der Waals surface area contributed by atoms with E-state index in [1.165, 1.54) is 0 Å². The molecule has 1 nitrogen and oxygen atoms in total. The molecule has 0 N–H and O–H groups in total. The zero-order valence-corrected chi connectivity index (χ0v) is 7.76. The van der Waals surface area contributed by atoms with Gasteiger partial charge in [0.2, 0.25) is 0 Å². The molecule has 0 saturated heterocycles. The van der Waals surface area contributed by atoms with Crippen molar-refractivity contribution in [2.45, 2.75) is 45.6 Å². The SMILES string of the molecule is CCC(CC)(CC)[O][Al]. The number of rotatable bonds is 4. The van der Waals surface area contributed by atoms with E-state index in [2.05, 4.69) is 37.4 Å². The number of hydrogen-bond acceptors (Lipinski definition) is 1. The molecule has 0 bridgehead atoms. The molecule has 0 unspecified atom stereocenters. The lowest BCUT2D eigenvalue weighted by Crippen LogP contribution is -2.28. The quantitative estimate of drug-likeness (QED) is 0.546. The van der Waals surface area contributed by atoms with Crippen molar-refractivity contribution in [1.29, 1.82) is 0 Å². The van der Waals surface area contributed by atoms with Gasteiger partial charge in [0, 0.05) is 5.60 Å². The van der Waals surface area contributed by atoms with Crippen LogP contribution in [0.2, 0.25) is 0 Å². The normalized spacial score (nSPS) is 11.9. The molecule has 0 heterocycles. The van der Waals surface area contributed by atoms with Crippen molar-refractivity contribution in [3.63, 3.8) is 0 Å². The van der Waals surface area contributed by atoms with E-state index in [9.17, 15) is 0 Å². The van der Waals surface area contributed by atoms with Crippen LogP contribution in [0.5, 0.6) is 0 Å². The summed E-state index contributed by atoms with van der Waals surface area (Å²) in [6, 6.07) is 0. The highest BCUT2D eigenvalue weighted by atomic mass is 27.1. The fraction of sp³-hybridized carbons (Fsp3) is 1.00. The minimum absolute atomic E-state index is 0.130. The molecular weight excluding hydrogens is 127 g/mol. The molecular formula is C7H15AlO. The number of hydrogen-bond donors (Lipinski definition) is 0. The first kappa shape index (κ1) is 9.49. The Kier molecular flexibility index (Phi) is 4.57. The Morgan fingerprint density at radius 3 is 1.44 bits per heavy atom. The Labute approximate surface area is 66.5 Å². The van der Waals surface area contributed by atoms with Crippen molar-refractivity contribution in [3.8, 4) is 0 Å². The summed E-state index contributed by atoms with van der Waals surface area (Å²) < 4.78 is 5.30. The zero-order valence-electron chi connectivity index (χ0n) is 6.61. The second-order valence-electron chi connectivity index (χ2n) is 2.36. The highest BCUT2D eigenvalue weighted by molar-refractivity contribution is 5.98. The summed E-state index contributed by atoms with van der Waals surface area (Å²) in [5.74, 6) is 0. The predicted octanol–water partition coefficient (Wildman–Crippen LogP) is 2.06. The maximum absolute atomic E-state index is 5.30. The predicted molar refractivity (Wildman–Crippen MR) is 40.4 cm³/mol. The summed E-state index contributed by atoms with van der Waals surface area (Å²) in [6.45, 7) is 6.49. The van der Waals surface area contributed by atoms with E-state index in [-0.39, 0.29) is 5.60 Å². The van der Waals surface area contributed by atoms with E-state index in [0.29, 0.717) is 0 Å². The first-order chi connectivity index (χ1) is 4.24. The van der Waals surface area contributed by atoms with Crippen molar-refractivity contribution in [2.24, 2.45) is 0 Å². The van der Waals surface area contributed by atoms with Crippen LogP contribution >= 0.6 is 0 Å². The minimum atomic E-state index is 0.130. The van der Waals surface area contributed by atoms with Crippen molar-refractivity contribution in [2.75, 3.05) is 0 Å². The first-order valence-corrected chi connectivity index (χ1v) is 4.09. The van der Waals surface area contributed by atoms with E-state index < -0.39 is 0 Å². The molecule has 9 heavy (non-hydrogen) atoms. The summed E-state index contributed by atoms with van der Waals surface area (Å²) in [4.78, 5) is 0. The fourth-order valence-corrected chi connectivity index (χ4v) is 1.50. The van der Waals surface area contributed by atoms with Crippen molar-refractivity contribution in [3.05, 3.63) is 0 Å². The lowest BCUT2D eigenvalue weighted by atomic mass is 9.95. The Morgan fingerprint density at radius 2 is 1.44 bits per heavy atom. The summed E-state index contributed by atoms with van der Waals surface area (Å²) in [5, 5.41) is 0. The van der Waals surface area contributed by atoms with Gasteiger partial charge in [0.1, 0.15) is 0 Å². The highest BCUT2D eigenvalue weighted by Crippen LogP contribution is 2.22. The van der Waals surface area contributed by atoms with Gasteiger partial charge in [-0.25, -0.2) is 0 Å². The molecule has 2 radical (unpaired) electrons. The van der Waals surface area contributed by atoms with Crippen LogP contribution in [0.3, 0.4) is 0 Å². The highest BCUT2D eigenvalue weighted by Gasteiger charge is 2.19. The van der Waals surface area contributed by atoms with Crippen molar-refractivity contribution in [1.82, 2.24) is 0 Å². The van der Waals surface area contributed by atoms with Gasteiger partial charge in [-0.15, -0.1) is 0 Å². The van der Waals surface area contributed by atoms with Crippen LogP contribution in [-0.2, 0) is 3.79 Å². The molecule has 0 aliphatic carbocycles. The van der Waals surface area contributed by atoms with Gasteiger partial charge in [-0.05, 0) is 19.3 Å². The molecule has 52 valence electrons. The van der Waals surface area contributed by atoms with Crippen LogP contribution < -0.4 is 0 Å². The van der Waals surface area contributed by atoms with Gasteiger partial charge in [0.25, 0.3) is 0 Å². The lowest BCUT2D eigenvalue weighted by Gasteiger charge is -2.31. The molecule has 0 aromatic carbocycles. The van der Waals surface area contributed by atoms with Crippen LogP contribution in [0.4, 0.5) is 0 Å². The molecule has 0 atom stereocenters. The average Bonchev–Trinajstić information content (AvgIpc) is 1.95. The van der Waals surface area contributed by atoms with E-state index in [1.54, 1.807) is 0 Å². The first-order valence-electron chi connectivity index (χ1n) is 3.62. The maximum Gasteiger partial charge on any atom is 0.369 e. The molecule has 0 saturated carbocycles. The Hall–Kier alpha value is 0.492. The van der Waals surface area contributed by atoms with Crippen LogP contribution in [-0.4, -0.2) is 22.2 Å². The van der Waals surface area contributed by atoms with E-state index in [1.807, 2.05) is 0 Å². The Balaban J connectivity index is 3.82. The maximum atomic E-state index is 5.30. The van der Waals surface area contributed by atoms with E-state index in [0.717, 1.165) is 19.3 Å². The monoisotopic (exact) mass is 142 g/mol. The third kappa shape index (κ3) is 2.29. The van der Waals surface area contributed by atoms with Gasteiger partial charge in [0.15, 0.2) is 0 Å². The largest absolute Gasteiger partial charge is 0.512 e. The molecule has 0 aliphatic rings. The van der Waals surface area contributed by atoms with E-state index >= 15 is 0 Å². The van der Waals surface area contributed by atoms with Gasteiger partial charge in [-0.1, -0.05) is 20.8 Å². The van der Waals surface area contributed by atoms with Crippen LogP contribution in [0, 0.1) is 0 Å². The summed E-state index contributed by atoms with van der Waals surface area (Å²) >= 11 is 2.36. The van der Waals surface area contributed by atoms with Crippen LogP contribution in [0.1, 0.15) is 40.0 Å². The minimum Gasteiger partial charge on any atom is -0.512 e. The molecule has 0 aromatic rings. The van der Waals surface area contributed by atoms with Gasteiger partial charge in [-0.2, -0.15) is 0 Å². The summed E-state index contributed by atoms with van der Waals surface area (Å²) in [5.41, 5.74) is 0.130. The van der Waals surface area contributed by atoms with Gasteiger partial charge in [0.05, 0.1) is 0 Å². The summed E-state index contributed by atoms with van der Waals surface area (Å²) in [7, 11) is 0. The smallest absolute Gasteiger partial charge is 0.369 e. The fourth-order valence-electron chi connectivity index (χ4n) is 1.00. The topological polar surface area (TPSA) is 9.23 Å². The molecule has 0 aromatic heterocycles. The average molecular weight is 142 g/mol. The molecule has 2 heteroatoms. The second kappa shape index (κ2) is 4.33. The third-order valence-corrected chi connectivity index (χ3v) is 2.68. The molecule has 0 spiro atoms. The van der Waals surface area contributed by atoms with Crippen molar-refractivity contribution >= 4 is 16.6 Å². The van der Waals surface area contributed by atoms with Gasteiger partial charge in [-0.3, -0.25) is 0 Å². The van der Waals surface area contributed by atoms with E-state index in [4.69, 9.17) is 3.79 Å².